The standard InChI is InChI=1S/C15H13NO2/c1-9-3-5-14-13-6-4-12(16(17)18)7-11(13)8-15(14)10(9)2/h3-7H,8H2,1-2H3. The van der Waals surface area contributed by atoms with Gasteiger partial charge in [0.25, 0.3) is 5.69 Å². The first-order chi connectivity index (χ1) is 8.58. The molecule has 3 rings (SSSR count). The van der Waals surface area contributed by atoms with Crippen LogP contribution in [-0.2, 0) is 6.42 Å². The summed E-state index contributed by atoms with van der Waals surface area (Å²) in [5.41, 5.74) is 7.48. The summed E-state index contributed by atoms with van der Waals surface area (Å²) in [6.07, 6.45) is 0.805. The molecule has 0 aliphatic heterocycles. The number of benzene rings is 2. The van der Waals surface area contributed by atoms with Gasteiger partial charge in [0.2, 0.25) is 0 Å². The van der Waals surface area contributed by atoms with Gasteiger partial charge in [-0.15, -0.1) is 0 Å². The van der Waals surface area contributed by atoms with Gasteiger partial charge in [0.15, 0.2) is 0 Å². The second-order valence-corrected chi connectivity index (χ2v) is 4.81. The van der Waals surface area contributed by atoms with Gasteiger partial charge in [0, 0.05) is 12.1 Å². The van der Waals surface area contributed by atoms with Gasteiger partial charge in [0.1, 0.15) is 0 Å². The summed E-state index contributed by atoms with van der Waals surface area (Å²) in [4.78, 5) is 10.5. The van der Waals surface area contributed by atoms with Crippen molar-refractivity contribution in [3.05, 3.63) is 62.7 Å². The fraction of sp³-hybridized carbons (Fsp3) is 0.200. The topological polar surface area (TPSA) is 43.1 Å². The second kappa shape index (κ2) is 3.67. The van der Waals surface area contributed by atoms with E-state index < -0.39 is 0 Å². The molecular weight excluding hydrogens is 226 g/mol. The minimum absolute atomic E-state index is 0.177. The van der Waals surface area contributed by atoms with Crippen LogP contribution in [0.5, 0.6) is 0 Å². The van der Waals surface area contributed by atoms with E-state index in [0.717, 1.165) is 17.5 Å². The predicted octanol–water partition coefficient (Wildman–Crippen LogP) is 3.78. The summed E-state index contributed by atoms with van der Waals surface area (Å²) in [7, 11) is 0. The molecule has 0 heterocycles. The number of non-ortho nitro benzene ring substituents is 1. The highest BCUT2D eigenvalue weighted by atomic mass is 16.6. The van der Waals surface area contributed by atoms with E-state index in [1.807, 2.05) is 6.07 Å². The maximum absolute atomic E-state index is 10.8. The lowest BCUT2D eigenvalue weighted by Gasteiger charge is -2.07. The zero-order valence-electron chi connectivity index (χ0n) is 10.4. The number of fused-ring (bicyclic) bond motifs is 3. The van der Waals surface area contributed by atoms with E-state index in [4.69, 9.17) is 0 Å². The lowest BCUT2D eigenvalue weighted by molar-refractivity contribution is -0.384. The van der Waals surface area contributed by atoms with Crippen molar-refractivity contribution >= 4 is 5.69 Å². The Kier molecular flexibility index (Phi) is 2.23. The Bertz CT molecular complexity index is 674. The monoisotopic (exact) mass is 239 g/mol. The summed E-state index contributed by atoms with van der Waals surface area (Å²) in [6.45, 7) is 4.22. The summed E-state index contributed by atoms with van der Waals surface area (Å²) < 4.78 is 0. The van der Waals surface area contributed by atoms with Crippen molar-refractivity contribution in [3.8, 4) is 11.1 Å². The Morgan fingerprint density at radius 1 is 1.11 bits per heavy atom. The molecule has 0 bridgehead atoms. The lowest BCUT2D eigenvalue weighted by atomic mass is 9.98. The molecule has 1 aliphatic rings. The highest BCUT2D eigenvalue weighted by molar-refractivity contribution is 5.79. The van der Waals surface area contributed by atoms with Crippen LogP contribution in [0.4, 0.5) is 5.69 Å². The van der Waals surface area contributed by atoms with Crippen LogP contribution in [0, 0.1) is 24.0 Å². The average Bonchev–Trinajstić information content (AvgIpc) is 2.72. The van der Waals surface area contributed by atoms with Gasteiger partial charge in [-0.05, 0) is 59.7 Å². The van der Waals surface area contributed by atoms with Gasteiger partial charge in [-0.1, -0.05) is 12.1 Å². The van der Waals surface area contributed by atoms with Crippen LogP contribution in [0.1, 0.15) is 22.3 Å². The highest BCUT2D eigenvalue weighted by Crippen LogP contribution is 2.40. The number of nitro benzene ring substituents is 1. The SMILES string of the molecule is Cc1ccc2c(c1C)Cc1cc([N+](=O)[O-])ccc1-2. The number of hydrogen-bond donors (Lipinski definition) is 0. The molecule has 90 valence electrons. The van der Waals surface area contributed by atoms with Crippen LogP contribution in [0.15, 0.2) is 30.3 Å². The number of rotatable bonds is 1. The molecule has 0 unspecified atom stereocenters. The molecule has 0 saturated heterocycles. The van der Waals surface area contributed by atoms with Crippen molar-refractivity contribution in [2.75, 3.05) is 0 Å². The minimum atomic E-state index is -0.332. The van der Waals surface area contributed by atoms with E-state index in [1.165, 1.54) is 22.3 Å². The number of hydrogen-bond acceptors (Lipinski definition) is 2. The molecular formula is C15H13NO2. The fourth-order valence-corrected chi connectivity index (χ4v) is 2.65. The van der Waals surface area contributed by atoms with Gasteiger partial charge in [0.05, 0.1) is 4.92 Å². The highest BCUT2D eigenvalue weighted by Gasteiger charge is 2.22. The Labute approximate surface area is 105 Å². The molecule has 0 amide bonds. The Hall–Kier alpha value is -2.16. The lowest BCUT2D eigenvalue weighted by Crippen LogP contribution is -1.90. The second-order valence-electron chi connectivity index (χ2n) is 4.81. The Morgan fingerprint density at radius 2 is 1.83 bits per heavy atom. The van der Waals surface area contributed by atoms with Crippen molar-refractivity contribution in [3.63, 3.8) is 0 Å². The summed E-state index contributed by atoms with van der Waals surface area (Å²) in [5, 5.41) is 10.8. The third kappa shape index (κ3) is 1.44. The van der Waals surface area contributed by atoms with Crippen molar-refractivity contribution < 1.29 is 4.92 Å². The molecule has 0 fully saturated rings. The van der Waals surface area contributed by atoms with Gasteiger partial charge in [-0.3, -0.25) is 10.1 Å². The molecule has 0 spiro atoms. The van der Waals surface area contributed by atoms with Crippen LogP contribution in [-0.4, -0.2) is 4.92 Å². The van der Waals surface area contributed by atoms with Crippen LogP contribution >= 0.6 is 0 Å². The van der Waals surface area contributed by atoms with Crippen molar-refractivity contribution in [2.45, 2.75) is 20.3 Å². The predicted molar refractivity (Wildman–Crippen MR) is 70.8 cm³/mol. The van der Waals surface area contributed by atoms with Crippen LogP contribution in [0.25, 0.3) is 11.1 Å². The van der Waals surface area contributed by atoms with Gasteiger partial charge in [-0.2, -0.15) is 0 Å². The van der Waals surface area contributed by atoms with Gasteiger partial charge in [-0.25, -0.2) is 0 Å². The molecule has 0 N–H and O–H groups in total. The molecule has 0 saturated carbocycles. The summed E-state index contributed by atoms with van der Waals surface area (Å²) in [5.74, 6) is 0. The summed E-state index contributed by atoms with van der Waals surface area (Å²) >= 11 is 0. The smallest absolute Gasteiger partial charge is 0.258 e. The van der Waals surface area contributed by atoms with E-state index in [-0.39, 0.29) is 10.6 Å². The number of aryl methyl sites for hydroxylation is 1. The third-order valence-corrected chi connectivity index (χ3v) is 3.83. The van der Waals surface area contributed by atoms with Crippen LogP contribution < -0.4 is 0 Å². The quantitative estimate of drug-likeness (QED) is 0.479. The Balaban J connectivity index is 2.19. The third-order valence-electron chi connectivity index (χ3n) is 3.83. The maximum Gasteiger partial charge on any atom is 0.269 e. The minimum Gasteiger partial charge on any atom is -0.258 e. The molecule has 0 aromatic heterocycles. The molecule has 3 heteroatoms. The first-order valence-corrected chi connectivity index (χ1v) is 5.94. The normalized spacial score (nSPS) is 12.1. The molecule has 0 atom stereocenters. The molecule has 0 radical (unpaired) electrons. The van der Waals surface area contributed by atoms with Crippen molar-refractivity contribution in [1.29, 1.82) is 0 Å². The van der Waals surface area contributed by atoms with Gasteiger partial charge >= 0.3 is 0 Å². The van der Waals surface area contributed by atoms with Gasteiger partial charge < -0.3 is 0 Å². The molecule has 18 heavy (non-hydrogen) atoms. The van der Waals surface area contributed by atoms with E-state index in [0.29, 0.717) is 0 Å². The zero-order valence-corrected chi connectivity index (χ0v) is 10.4. The number of nitrogens with zero attached hydrogens (tertiary/aromatic N) is 1. The van der Waals surface area contributed by atoms with E-state index in [9.17, 15) is 10.1 Å². The van der Waals surface area contributed by atoms with E-state index >= 15 is 0 Å². The molecule has 2 aromatic carbocycles. The van der Waals surface area contributed by atoms with E-state index in [1.54, 1.807) is 12.1 Å². The molecule has 2 aromatic rings. The zero-order chi connectivity index (χ0) is 12.9. The first-order valence-electron chi connectivity index (χ1n) is 5.94. The van der Waals surface area contributed by atoms with Crippen LogP contribution in [0.3, 0.4) is 0 Å². The maximum atomic E-state index is 10.8. The first kappa shape index (κ1) is 11.0. The molecule has 3 nitrogen and oxygen atoms in total. The molecule has 1 aliphatic carbocycles. The largest absolute Gasteiger partial charge is 0.269 e. The number of nitro groups is 1. The average molecular weight is 239 g/mol. The van der Waals surface area contributed by atoms with Crippen LogP contribution in [0.2, 0.25) is 0 Å². The van der Waals surface area contributed by atoms with E-state index in [2.05, 4.69) is 26.0 Å². The Morgan fingerprint density at radius 3 is 2.56 bits per heavy atom. The van der Waals surface area contributed by atoms with Crippen molar-refractivity contribution in [1.82, 2.24) is 0 Å². The van der Waals surface area contributed by atoms with Crippen molar-refractivity contribution in [2.24, 2.45) is 0 Å². The fourth-order valence-electron chi connectivity index (χ4n) is 2.65. The summed E-state index contributed by atoms with van der Waals surface area (Å²) in [6, 6.07) is 9.39.